The molecule has 2 bridgehead atoms. The van der Waals surface area contributed by atoms with E-state index < -0.39 is 9.84 Å². The lowest BCUT2D eigenvalue weighted by Crippen LogP contribution is -2.26. The maximum absolute atomic E-state index is 12.1. The zero-order valence-electron chi connectivity index (χ0n) is 11.0. The van der Waals surface area contributed by atoms with Gasteiger partial charge in [-0.3, -0.25) is 4.98 Å². The van der Waals surface area contributed by atoms with Crippen molar-refractivity contribution in [3.63, 3.8) is 0 Å². The lowest BCUT2D eigenvalue weighted by molar-refractivity contribution is 0.585. The fourth-order valence-corrected chi connectivity index (χ4v) is 5.54. The van der Waals surface area contributed by atoms with E-state index in [2.05, 4.69) is 17.1 Å². The fraction of sp³-hybridized carbons (Fsp3) is 0.312. The number of aromatic nitrogens is 1. The Labute approximate surface area is 118 Å². The number of sulfone groups is 1. The lowest BCUT2D eigenvalue weighted by Gasteiger charge is -2.20. The van der Waals surface area contributed by atoms with Gasteiger partial charge in [0.15, 0.2) is 9.84 Å². The summed E-state index contributed by atoms with van der Waals surface area (Å²) in [5, 5.41) is 0.671. The van der Waals surface area contributed by atoms with Crippen LogP contribution in [0.2, 0.25) is 0 Å². The fourth-order valence-electron chi connectivity index (χ4n) is 3.35. The molecule has 4 rings (SSSR count). The average Bonchev–Trinajstić information content (AvgIpc) is 2.67. The summed E-state index contributed by atoms with van der Waals surface area (Å²) in [6, 6.07) is 10.1. The minimum atomic E-state index is -2.90. The molecule has 2 unspecified atom stereocenters. The topological polar surface area (TPSA) is 47.0 Å². The van der Waals surface area contributed by atoms with E-state index in [9.17, 15) is 8.42 Å². The summed E-state index contributed by atoms with van der Waals surface area (Å²) in [6.07, 6.45) is 6.00. The van der Waals surface area contributed by atoms with E-state index in [0.717, 1.165) is 29.3 Å². The standard InChI is InChI=1S/C16H15NO2S/c18-20(19)14-4-5-15(20)10-13(9-14)11-3-6-16-12(8-11)2-1-7-17-16/h1-3,6-9,14-15H,4-5,10H2. The van der Waals surface area contributed by atoms with Crippen LogP contribution in [-0.2, 0) is 9.84 Å². The summed E-state index contributed by atoms with van der Waals surface area (Å²) >= 11 is 0. The molecule has 1 aromatic heterocycles. The van der Waals surface area contributed by atoms with Crippen molar-refractivity contribution < 1.29 is 8.42 Å². The summed E-state index contributed by atoms with van der Waals surface area (Å²) in [4.78, 5) is 4.32. The van der Waals surface area contributed by atoms with Gasteiger partial charge in [0.2, 0.25) is 0 Å². The highest BCUT2D eigenvalue weighted by Gasteiger charge is 2.43. The predicted molar refractivity (Wildman–Crippen MR) is 80.1 cm³/mol. The monoisotopic (exact) mass is 285 g/mol. The SMILES string of the molecule is O=S1(=O)C2C=C(c3ccc4ncccc4c3)CC1CC2. The zero-order valence-corrected chi connectivity index (χ0v) is 11.8. The van der Waals surface area contributed by atoms with E-state index in [4.69, 9.17) is 0 Å². The Morgan fingerprint density at radius 1 is 1.15 bits per heavy atom. The normalized spacial score (nSPS) is 27.5. The molecule has 2 atom stereocenters. The van der Waals surface area contributed by atoms with E-state index >= 15 is 0 Å². The van der Waals surface area contributed by atoms with Crippen molar-refractivity contribution in [2.75, 3.05) is 0 Å². The number of allylic oxidation sites excluding steroid dienone is 1. The summed E-state index contributed by atoms with van der Waals surface area (Å²) in [5.74, 6) is 0. The molecule has 2 aromatic rings. The van der Waals surface area contributed by atoms with E-state index in [1.54, 1.807) is 6.20 Å². The first-order valence-electron chi connectivity index (χ1n) is 6.93. The van der Waals surface area contributed by atoms with E-state index in [1.807, 2.05) is 24.3 Å². The minimum absolute atomic E-state index is 0.169. The van der Waals surface area contributed by atoms with Crippen LogP contribution in [0.3, 0.4) is 0 Å². The van der Waals surface area contributed by atoms with Crippen molar-refractivity contribution in [1.29, 1.82) is 0 Å². The first-order valence-corrected chi connectivity index (χ1v) is 8.54. The number of nitrogens with zero attached hydrogens (tertiary/aromatic N) is 1. The van der Waals surface area contributed by atoms with Crippen molar-refractivity contribution in [2.45, 2.75) is 29.8 Å². The predicted octanol–water partition coefficient (Wildman–Crippen LogP) is 2.97. The molecule has 0 radical (unpaired) electrons. The van der Waals surface area contributed by atoms with Crippen LogP contribution in [0.25, 0.3) is 16.5 Å². The maximum Gasteiger partial charge on any atom is 0.159 e. The molecule has 20 heavy (non-hydrogen) atoms. The van der Waals surface area contributed by atoms with Crippen molar-refractivity contribution >= 4 is 26.3 Å². The molecule has 1 aromatic carbocycles. The summed E-state index contributed by atoms with van der Waals surface area (Å²) in [6.45, 7) is 0. The van der Waals surface area contributed by atoms with Gasteiger partial charge < -0.3 is 0 Å². The largest absolute Gasteiger partial charge is 0.256 e. The van der Waals surface area contributed by atoms with Gasteiger partial charge in [0, 0.05) is 11.6 Å². The molecular formula is C16H15NO2S. The van der Waals surface area contributed by atoms with Gasteiger partial charge in [0.1, 0.15) is 0 Å². The maximum atomic E-state index is 12.1. The summed E-state index contributed by atoms with van der Waals surface area (Å²) < 4.78 is 24.2. The molecule has 0 N–H and O–H groups in total. The zero-order chi connectivity index (χ0) is 13.7. The van der Waals surface area contributed by atoms with Gasteiger partial charge in [0.05, 0.1) is 16.0 Å². The molecule has 102 valence electrons. The van der Waals surface area contributed by atoms with Crippen LogP contribution in [0.5, 0.6) is 0 Å². The van der Waals surface area contributed by atoms with Crippen LogP contribution in [0.15, 0.2) is 42.6 Å². The van der Waals surface area contributed by atoms with Crippen molar-refractivity contribution in [3.8, 4) is 0 Å². The van der Waals surface area contributed by atoms with E-state index in [1.165, 1.54) is 5.57 Å². The van der Waals surface area contributed by atoms with Crippen LogP contribution in [-0.4, -0.2) is 23.9 Å². The second-order valence-corrected chi connectivity index (χ2v) is 8.08. The third-order valence-corrected chi connectivity index (χ3v) is 7.02. The molecule has 0 aliphatic carbocycles. The van der Waals surface area contributed by atoms with E-state index in [0.29, 0.717) is 6.42 Å². The molecular weight excluding hydrogens is 270 g/mol. The minimum Gasteiger partial charge on any atom is -0.256 e. The molecule has 3 nitrogen and oxygen atoms in total. The van der Waals surface area contributed by atoms with Gasteiger partial charge in [-0.1, -0.05) is 18.2 Å². The smallest absolute Gasteiger partial charge is 0.159 e. The molecule has 2 aliphatic rings. The third-order valence-electron chi connectivity index (χ3n) is 4.47. The highest BCUT2D eigenvalue weighted by Crippen LogP contribution is 2.41. The van der Waals surface area contributed by atoms with Crippen LogP contribution in [0, 0.1) is 0 Å². The number of fused-ring (bicyclic) bond motifs is 3. The Bertz CT molecular complexity index is 823. The molecule has 1 fully saturated rings. The quantitative estimate of drug-likeness (QED) is 0.809. The second kappa shape index (κ2) is 4.16. The number of pyridine rings is 1. The Kier molecular flexibility index (Phi) is 2.51. The molecule has 0 spiro atoms. The highest BCUT2D eigenvalue weighted by atomic mass is 32.2. The summed E-state index contributed by atoms with van der Waals surface area (Å²) in [5.41, 5.74) is 3.29. The average molecular weight is 285 g/mol. The number of benzene rings is 1. The molecule has 3 heterocycles. The van der Waals surface area contributed by atoms with Crippen LogP contribution in [0.1, 0.15) is 24.8 Å². The van der Waals surface area contributed by atoms with Gasteiger partial charge in [-0.05, 0) is 48.6 Å². The van der Waals surface area contributed by atoms with Gasteiger partial charge in [-0.2, -0.15) is 0 Å². The number of rotatable bonds is 1. The second-order valence-electron chi connectivity index (χ2n) is 5.63. The molecule has 2 aliphatic heterocycles. The Hall–Kier alpha value is -1.68. The molecule has 0 saturated carbocycles. The highest BCUT2D eigenvalue weighted by molar-refractivity contribution is 7.93. The van der Waals surface area contributed by atoms with Crippen molar-refractivity contribution in [3.05, 3.63) is 48.2 Å². The van der Waals surface area contributed by atoms with Gasteiger partial charge in [-0.15, -0.1) is 0 Å². The van der Waals surface area contributed by atoms with Crippen molar-refractivity contribution in [1.82, 2.24) is 4.98 Å². The van der Waals surface area contributed by atoms with Gasteiger partial charge >= 0.3 is 0 Å². The summed E-state index contributed by atoms with van der Waals surface area (Å²) in [7, 11) is -2.90. The van der Waals surface area contributed by atoms with E-state index in [-0.39, 0.29) is 10.5 Å². The third kappa shape index (κ3) is 1.71. The van der Waals surface area contributed by atoms with Crippen LogP contribution < -0.4 is 0 Å². The Morgan fingerprint density at radius 3 is 2.90 bits per heavy atom. The lowest BCUT2D eigenvalue weighted by atomic mass is 9.99. The first-order chi connectivity index (χ1) is 9.64. The van der Waals surface area contributed by atoms with Crippen LogP contribution >= 0.6 is 0 Å². The Balaban J connectivity index is 1.81. The number of hydrogen-bond acceptors (Lipinski definition) is 3. The molecule has 1 saturated heterocycles. The number of hydrogen-bond donors (Lipinski definition) is 0. The van der Waals surface area contributed by atoms with Crippen molar-refractivity contribution in [2.24, 2.45) is 0 Å². The van der Waals surface area contributed by atoms with Crippen LogP contribution in [0.4, 0.5) is 0 Å². The first kappa shape index (κ1) is 12.1. The van der Waals surface area contributed by atoms with Gasteiger partial charge in [0.25, 0.3) is 0 Å². The van der Waals surface area contributed by atoms with Gasteiger partial charge in [-0.25, -0.2) is 8.42 Å². The Morgan fingerprint density at radius 2 is 2.05 bits per heavy atom. The molecule has 4 heteroatoms. The molecule has 0 amide bonds.